The fourth-order valence-electron chi connectivity index (χ4n) is 2.79. The molecule has 2 rings (SSSR count). The van der Waals surface area contributed by atoms with Gasteiger partial charge in [0.1, 0.15) is 5.15 Å². The molecule has 1 N–H and O–H groups in total. The normalized spacial score (nSPS) is 17.5. The van der Waals surface area contributed by atoms with Crippen LogP contribution in [0.3, 0.4) is 0 Å². The summed E-state index contributed by atoms with van der Waals surface area (Å²) < 4.78 is 7.05. The van der Waals surface area contributed by atoms with Crippen LogP contribution in [0.1, 0.15) is 36.8 Å². The molecule has 1 saturated heterocycles. The first-order valence-corrected chi connectivity index (χ1v) is 8.60. The van der Waals surface area contributed by atoms with Gasteiger partial charge in [-0.3, -0.25) is 14.4 Å². The number of aromatic nitrogens is 2. The first-order chi connectivity index (χ1) is 10.9. The number of nitrogens with zero attached hydrogens (tertiary/aromatic N) is 3. The Bertz CT molecular complexity index is 538. The summed E-state index contributed by atoms with van der Waals surface area (Å²) in [6.45, 7) is 12.9. The van der Waals surface area contributed by atoms with E-state index in [0.29, 0.717) is 28.9 Å². The van der Waals surface area contributed by atoms with Crippen LogP contribution in [0.25, 0.3) is 0 Å². The Labute approximate surface area is 143 Å². The summed E-state index contributed by atoms with van der Waals surface area (Å²) >= 11 is 6.36. The lowest BCUT2D eigenvalue weighted by molar-refractivity contribution is 0.0342. The number of rotatable bonds is 6. The van der Waals surface area contributed by atoms with Crippen molar-refractivity contribution in [3.05, 3.63) is 16.4 Å². The van der Waals surface area contributed by atoms with Crippen LogP contribution in [0.15, 0.2) is 0 Å². The van der Waals surface area contributed by atoms with Gasteiger partial charge in [0.25, 0.3) is 5.91 Å². The molecule has 1 aromatic rings. The molecular weight excluding hydrogens is 316 g/mol. The summed E-state index contributed by atoms with van der Waals surface area (Å²) in [6, 6.07) is 0.0458. The summed E-state index contributed by atoms with van der Waals surface area (Å²) in [4.78, 5) is 14.8. The highest BCUT2D eigenvalue weighted by atomic mass is 35.5. The summed E-state index contributed by atoms with van der Waals surface area (Å²) in [5.74, 6) is 0.270. The third kappa shape index (κ3) is 4.93. The Hall–Kier alpha value is -1.11. The van der Waals surface area contributed by atoms with Crippen molar-refractivity contribution in [1.82, 2.24) is 20.0 Å². The minimum absolute atomic E-state index is 0.0458. The standard InChI is InChI=1S/C16H27ClN4O2/c1-11(2)9-21-15(17)14(13(4)19-21)16(22)18-12(3)10-20-5-7-23-8-6-20/h11-12H,5-10H2,1-4H3,(H,18,22). The van der Waals surface area contributed by atoms with Crippen molar-refractivity contribution in [2.45, 2.75) is 40.3 Å². The molecule has 0 aromatic carbocycles. The second-order valence-corrected chi connectivity index (χ2v) is 6.97. The van der Waals surface area contributed by atoms with Crippen LogP contribution in [0.2, 0.25) is 5.15 Å². The van der Waals surface area contributed by atoms with Gasteiger partial charge in [0.2, 0.25) is 0 Å². The number of halogens is 1. The Morgan fingerprint density at radius 2 is 1.96 bits per heavy atom. The molecule has 2 heterocycles. The van der Waals surface area contributed by atoms with Crippen LogP contribution >= 0.6 is 11.6 Å². The molecule has 23 heavy (non-hydrogen) atoms. The molecule has 0 spiro atoms. The maximum Gasteiger partial charge on any atom is 0.256 e. The Kier molecular flexibility index (Phi) is 6.44. The largest absolute Gasteiger partial charge is 0.379 e. The maximum atomic E-state index is 12.5. The van der Waals surface area contributed by atoms with Gasteiger partial charge in [0.05, 0.1) is 24.5 Å². The van der Waals surface area contributed by atoms with Crippen LogP contribution in [-0.2, 0) is 11.3 Å². The lowest BCUT2D eigenvalue weighted by atomic mass is 10.2. The summed E-state index contributed by atoms with van der Waals surface area (Å²) in [5, 5.41) is 7.85. The monoisotopic (exact) mass is 342 g/mol. The number of hydrogen-bond donors (Lipinski definition) is 1. The molecule has 130 valence electrons. The van der Waals surface area contributed by atoms with Gasteiger partial charge in [-0.25, -0.2) is 0 Å². The maximum absolute atomic E-state index is 12.5. The van der Waals surface area contributed by atoms with Crippen LogP contribution < -0.4 is 5.32 Å². The highest BCUT2D eigenvalue weighted by Crippen LogP contribution is 2.21. The number of amides is 1. The molecular formula is C16H27ClN4O2. The average Bonchev–Trinajstić information content (AvgIpc) is 2.73. The lowest BCUT2D eigenvalue weighted by Gasteiger charge is -2.29. The molecule has 1 amide bonds. The third-order valence-corrected chi connectivity index (χ3v) is 4.23. The van der Waals surface area contributed by atoms with E-state index in [9.17, 15) is 4.79 Å². The van der Waals surface area contributed by atoms with E-state index in [2.05, 4.69) is 29.2 Å². The van der Waals surface area contributed by atoms with E-state index in [1.807, 2.05) is 13.8 Å². The Morgan fingerprint density at radius 1 is 1.30 bits per heavy atom. The Balaban J connectivity index is 1.98. The van der Waals surface area contributed by atoms with Crippen molar-refractivity contribution < 1.29 is 9.53 Å². The number of morpholine rings is 1. The van der Waals surface area contributed by atoms with Crippen LogP contribution in [-0.4, -0.2) is 59.5 Å². The van der Waals surface area contributed by atoms with Crippen molar-refractivity contribution in [3.63, 3.8) is 0 Å². The van der Waals surface area contributed by atoms with E-state index in [4.69, 9.17) is 16.3 Å². The summed E-state index contributed by atoms with van der Waals surface area (Å²) in [5.41, 5.74) is 1.16. The second-order valence-electron chi connectivity index (χ2n) is 6.61. The highest BCUT2D eigenvalue weighted by Gasteiger charge is 2.23. The molecule has 0 radical (unpaired) electrons. The molecule has 6 nitrogen and oxygen atoms in total. The topological polar surface area (TPSA) is 59.4 Å². The van der Waals surface area contributed by atoms with Crippen molar-refractivity contribution in [3.8, 4) is 0 Å². The molecule has 0 aliphatic carbocycles. The lowest BCUT2D eigenvalue weighted by Crippen LogP contribution is -2.46. The molecule has 7 heteroatoms. The van der Waals surface area contributed by atoms with Gasteiger partial charge in [0, 0.05) is 32.2 Å². The Morgan fingerprint density at radius 3 is 2.57 bits per heavy atom. The number of aryl methyl sites for hydroxylation is 1. The molecule has 1 aliphatic rings. The zero-order valence-corrected chi connectivity index (χ0v) is 15.2. The van der Waals surface area contributed by atoms with Gasteiger partial charge in [-0.1, -0.05) is 25.4 Å². The minimum atomic E-state index is -0.150. The van der Waals surface area contributed by atoms with Gasteiger partial charge >= 0.3 is 0 Å². The molecule has 1 unspecified atom stereocenters. The number of carbonyl (C=O) groups excluding carboxylic acids is 1. The van der Waals surface area contributed by atoms with Gasteiger partial charge in [-0.15, -0.1) is 0 Å². The van der Waals surface area contributed by atoms with Crippen molar-refractivity contribution in [2.24, 2.45) is 5.92 Å². The van der Waals surface area contributed by atoms with Crippen molar-refractivity contribution in [2.75, 3.05) is 32.8 Å². The number of carbonyl (C=O) groups is 1. The number of hydrogen-bond acceptors (Lipinski definition) is 4. The minimum Gasteiger partial charge on any atom is -0.379 e. The fraction of sp³-hybridized carbons (Fsp3) is 0.750. The quantitative estimate of drug-likeness (QED) is 0.858. The molecule has 1 atom stereocenters. The predicted octanol–water partition coefficient (Wildman–Crippen LogP) is 1.95. The summed E-state index contributed by atoms with van der Waals surface area (Å²) in [7, 11) is 0. The van der Waals surface area contributed by atoms with Crippen LogP contribution in [0, 0.1) is 12.8 Å². The number of ether oxygens (including phenoxy) is 1. The van der Waals surface area contributed by atoms with Crippen molar-refractivity contribution in [1.29, 1.82) is 0 Å². The first kappa shape index (κ1) is 18.2. The van der Waals surface area contributed by atoms with Gasteiger partial charge < -0.3 is 10.1 Å². The third-order valence-electron chi connectivity index (χ3n) is 3.84. The average molecular weight is 343 g/mol. The second kappa shape index (κ2) is 8.13. The van der Waals surface area contributed by atoms with E-state index in [-0.39, 0.29) is 11.9 Å². The van der Waals surface area contributed by atoms with Gasteiger partial charge in [0.15, 0.2) is 0 Å². The molecule has 1 fully saturated rings. The number of nitrogens with one attached hydrogen (secondary N) is 1. The smallest absolute Gasteiger partial charge is 0.256 e. The predicted molar refractivity (Wildman–Crippen MR) is 91.0 cm³/mol. The van der Waals surface area contributed by atoms with Crippen LogP contribution in [0.5, 0.6) is 0 Å². The van der Waals surface area contributed by atoms with Crippen LogP contribution in [0.4, 0.5) is 0 Å². The molecule has 0 saturated carbocycles. The van der Waals surface area contributed by atoms with Gasteiger partial charge in [-0.05, 0) is 19.8 Å². The van der Waals surface area contributed by atoms with E-state index >= 15 is 0 Å². The SMILES string of the molecule is Cc1nn(CC(C)C)c(Cl)c1C(=O)NC(C)CN1CCOCC1. The van der Waals surface area contributed by atoms with E-state index < -0.39 is 0 Å². The zero-order valence-electron chi connectivity index (χ0n) is 14.4. The molecule has 1 aromatic heterocycles. The van der Waals surface area contributed by atoms with Gasteiger partial charge in [-0.2, -0.15) is 5.10 Å². The molecule has 0 bridgehead atoms. The van der Waals surface area contributed by atoms with E-state index in [1.54, 1.807) is 4.68 Å². The summed E-state index contributed by atoms with van der Waals surface area (Å²) in [6.07, 6.45) is 0. The zero-order chi connectivity index (χ0) is 17.0. The fourth-order valence-corrected chi connectivity index (χ4v) is 3.12. The molecule has 1 aliphatic heterocycles. The van der Waals surface area contributed by atoms with Crippen molar-refractivity contribution >= 4 is 17.5 Å². The van der Waals surface area contributed by atoms with E-state index in [0.717, 1.165) is 32.8 Å². The highest BCUT2D eigenvalue weighted by molar-refractivity contribution is 6.33. The first-order valence-electron chi connectivity index (χ1n) is 8.22. The van der Waals surface area contributed by atoms with E-state index in [1.165, 1.54) is 0 Å².